The molecule has 1 aliphatic heterocycles. The lowest BCUT2D eigenvalue weighted by atomic mass is 10.0. The Bertz CT molecular complexity index is 400. The smallest absolute Gasteiger partial charge is 0.310 e. The average Bonchev–Trinajstić information content (AvgIpc) is 2.44. The van der Waals surface area contributed by atoms with Crippen LogP contribution in [0.3, 0.4) is 0 Å². The summed E-state index contributed by atoms with van der Waals surface area (Å²) in [5, 5.41) is 3.05. The largest absolute Gasteiger partial charge is 0.466 e. The summed E-state index contributed by atoms with van der Waals surface area (Å²) in [6.45, 7) is 6.42. The van der Waals surface area contributed by atoms with Gasteiger partial charge < -0.3 is 10.1 Å². The van der Waals surface area contributed by atoms with Crippen molar-refractivity contribution < 1.29 is 17.9 Å². The van der Waals surface area contributed by atoms with Crippen molar-refractivity contribution in [1.29, 1.82) is 0 Å². The Kier molecular flexibility index (Phi) is 7.42. The first-order valence-electron chi connectivity index (χ1n) is 7.13. The van der Waals surface area contributed by atoms with Gasteiger partial charge in [-0.15, -0.1) is 0 Å². The molecule has 1 heterocycles. The van der Waals surface area contributed by atoms with E-state index in [2.05, 4.69) is 10.0 Å². The van der Waals surface area contributed by atoms with Crippen LogP contribution in [0, 0.1) is 5.92 Å². The first-order valence-corrected chi connectivity index (χ1v) is 8.57. The van der Waals surface area contributed by atoms with Crippen LogP contribution in [0.2, 0.25) is 0 Å². The van der Waals surface area contributed by atoms with Gasteiger partial charge in [0, 0.05) is 26.2 Å². The van der Waals surface area contributed by atoms with Gasteiger partial charge in [0.15, 0.2) is 0 Å². The third kappa shape index (κ3) is 5.35. The van der Waals surface area contributed by atoms with E-state index in [9.17, 15) is 13.2 Å². The van der Waals surface area contributed by atoms with Crippen LogP contribution in [0.1, 0.15) is 26.7 Å². The molecular formula is C12H25N3O4S. The van der Waals surface area contributed by atoms with Crippen LogP contribution in [0.4, 0.5) is 0 Å². The van der Waals surface area contributed by atoms with Gasteiger partial charge in [0.1, 0.15) is 0 Å². The van der Waals surface area contributed by atoms with E-state index in [1.54, 1.807) is 6.92 Å². The monoisotopic (exact) mass is 307 g/mol. The van der Waals surface area contributed by atoms with Crippen molar-refractivity contribution in [3.8, 4) is 0 Å². The zero-order valence-electron chi connectivity index (χ0n) is 12.2. The molecule has 1 aliphatic rings. The molecule has 0 radical (unpaired) electrons. The number of nitrogens with one attached hydrogen (secondary N) is 2. The molecule has 7 nitrogen and oxygen atoms in total. The predicted octanol–water partition coefficient (Wildman–Crippen LogP) is -0.295. The lowest BCUT2D eigenvalue weighted by molar-refractivity contribution is -0.149. The minimum absolute atomic E-state index is 0.204. The molecule has 0 aromatic carbocycles. The number of rotatable bonds is 8. The van der Waals surface area contributed by atoms with Gasteiger partial charge in [0.05, 0.1) is 12.5 Å². The molecule has 1 rings (SSSR count). The van der Waals surface area contributed by atoms with Gasteiger partial charge in [-0.25, -0.2) is 4.72 Å². The molecule has 1 saturated heterocycles. The number of piperidine rings is 1. The van der Waals surface area contributed by atoms with E-state index in [-0.39, 0.29) is 18.4 Å². The maximum atomic E-state index is 12.1. The van der Waals surface area contributed by atoms with E-state index >= 15 is 0 Å². The van der Waals surface area contributed by atoms with E-state index < -0.39 is 10.2 Å². The van der Waals surface area contributed by atoms with Crippen LogP contribution in [-0.2, 0) is 19.7 Å². The Morgan fingerprint density at radius 3 is 2.75 bits per heavy atom. The van der Waals surface area contributed by atoms with E-state index in [0.717, 1.165) is 6.54 Å². The maximum Gasteiger partial charge on any atom is 0.310 e. The van der Waals surface area contributed by atoms with E-state index in [4.69, 9.17) is 4.74 Å². The first-order chi connectivity index (χ1) is 9.51. The normalized spacial score (nSPS) is 20.8. The fourth-order valence-corrected chi connectivity index (χ4v) is 3.44. The number of carbonyl (C=O) groups is 1. The highest BCUT2D eigenvalue weighted by atomic mass is 32.2. The number of esters is 1. The molecule has 2 N–H and O–H groups in total. The van der Waals surface area contributed by atoms with Crippen LogP contribution < -0.4 is 10.0 Å². The Hall–Kier alpha value is -0.700. The summed E-state index contributed by atoms with van der Waals surface area (Å²) in [5.41, 5.74) is 0. The lowest BCUT2D eigenvalue weighted by Crippen LogP contribution is -2.48. The summed E-state index contributed by atoms with van der Waals surface area (Å²) < 4.78 is 33.1. The molecule has 0 bridgehead atoms. The fourth-order valence-electron chi connectivity index (χ4n) is 2.15. The molecule has 8 heteroatoms. The number of carbonyl (C=O) groups excluding carboxylic acids is 1. The molecule has 0 aliphatic carbocycles. The SMILES string of the molecule is CCNCCNS(=O)(=O)N1CCCC(C(=O)OCC)C1. The van der Waals surface area contributed by atoms with Gasteiger partial charge >= 0.3 is 5.97 Å². The van der Waals surface area contributed by atoms with Crippen LogP contribution in [0.15, 0.2) is 0 Å². The zero-order chi connectivity index (χ0) is 15.0. The number of nitrogens with zero attached hydrogens (tertiary/aromatic N) is 1. The van der Waals surface area contributed by atoms with Crippen LogP contribution in [-0.4, -0.2) is 58.0 Å². The molecular weight excluding hydrogens is 282 g/mol. The second kappa shape index (κ2) is 8.56. The van der Waals surface area contributed by atoms with Crippen molar-refractivity contribution >= 4 is 16.2 Å². The number of hydrogen-bond acceptors (Lipinski definition) is 5. The van der Waals surface area contributed by atoms with Gasteiger partial charge in [-0.3, -0.25) is 4.79 Å². The van der Waals surface area contributed by atoms with Gasteiger partial charge in [-0.2, -0.15) is 12.7 Å². The first kappa shape index (κ1) is 17.4. The number of hydrogen-bond donors (Lipinski definition) is 2. The van der Waals surface area contributed by atoms with Crippen LogP contribution >= 0.6 is 0 Å². The fraction of sp³-hybridized carbons (Fsp3) is 0.917. The minimum Gasteiger partial charge on any atom is -0.466 e. The minimum atomic E-state index is -3.51. The van der Waals surface area contributed by atoms with Crippen LogP contribution in [0.25, 0.3) is 0 Å². The van der Waals surface area contributed by atoms with Gasteiger partial charge in [-0.1, -0.05) is 6.92 Å². The molecule has 0 aromatic heterocycles. The Morgan fingerprint density at radius 1 is 1.35 bits per heavy atom. The highest BCUT2D eigenvalue weighted by Crippen LogP contribution is 2.19. The summed E-state index contributed by atoms with van der Waals surface area (Å²) in [7, 11) is -3.51. The van der Waals surface area contributed by atoms with Crippen molar-refractivity contribution in [3.63, 3.8) is 0 Å². The Morgan fingerprint density at radius 2 is 2.10 bits per heavy atom. The van der Waals surface area contributed by atoms with Crippen molar-refractivity contribution in [3.05, 3.63) is 0 Å². The van der Waals surface area contributed by atoms with E-state index in [0.29, 0.717) is 39.1 Å². The van der Waals surface area contributed by atoms with Crippen molar-refractivity contribution in [1.82, 2.24) is 14.3 Å². The predicted molar refractivity (Wildman–Crippen MR) is 76.4 cm³/mol. The number of likely N-dealkylation sites (N-methyl/N-ethyl adjacent to an activating group) is 1. The molecule has 1 fully saturated rings. The Balaban J connectivity index is 2.50. The standard InChI is InChI=1S/C12H25N3O4S/c1-3-13-7-8-14-20(17,18)15-9-5-6-11(10-15)12(16)19-4-2/h11,13-14H,3-10H2,1-2H3. The second-order valence-corrected chi connectivity index (χ2v) is 6.46. The summed E-state index contributed by atoms with van der Waals surface area (Å²) in [4.78, 5) is 11.7. The van der Waals surface area contributed by atoms with Gasteiger partial charge in [0.25, 0.3) is 10.2 Å². The zero-order valence-corrected chi connectivity index (χ0v) is 13.0. The molecule has 0 aromatic rings. The second-order valence-electron chi connectivity index (χ2n) is 4.70. The molecule has 1 unspecified atom stereocenters. The summed E-state index contributed by atoms with van der Waals surface area (Å²) in [6.07, 6.45) is 1.36. The van der Waals surface area contributed by atoms with E-state index in [1.807, 2.05) is 6.92 Å². The topological polar surface area (TPSA) is 87.7 Å². The average molecular weight is 307 g/mol. The quantitative estimate of drug-likeness (QED) is 0.475. The highest BCUT2D eigenvalue weighted by Gasteiger charge is 2.32. The summed E-state index contributed by atoms with van der Waals surface area (Å²) in [6, 6.07) is 0. The molecule has 1 atom stereocenters. The molecule has 0 saturated carbocycles. The maximum absolute atomic E-state index is 12.1. The third-order valence-corrected chi connectivity index (χ3v) is 4.76. The summed E-state index contributed by atoms with van der Waals surface area (Å²) >= 11 is 0. The Labute approximate surface area is 121 Å². The van der Waals surface area contributed by atoms with Gasteiger partial charge in [-0.05, 0) is 26.3 Å². The van der Waals surface area contributed by atoms with Crippen molar-refractivity contribution in [2.75, 3.05) is 39.3 Å². The van der Waals surface area contributed by atoms with Crippen molar-refractivity contribution in [2.24, 2.45) is 5.92 Å². The summed E-state index contributed by atoms with van der Waals surface area (Å²) in [5.74, 6) is -0.658. The molecule has 118 valence electrons. The molecule has 0 amide bonds. The highest BCUT2D eigenvalue weighted by molar-refractivity contribution is 7.87. The van der Waals surface area contributed by atoms with Crippen molar-refractivity contribution in [2.45, 2.75) is 26.7 Å². The molecule has 20 heavy (non-hydrogen) atoms. The molecule has 0 spiro atoms. The van der Waals surface area contributed by atoms with Crippen LogP contribution in [0.5, 0.6) is 0 Å². The number of ether oxygens (including phenoxy) is 1. The third-order valence-electron chi connectivity index (χ3n) is 3.18. The van der Waals surface area contributed by atoms with E-state index in [1.165, 1.54) is 4.31 Å². The lowest BCUT2D eigenvalue weighted by Gasteiger charge is -2.30. The van der Waals surface area contributed by atoms with Gasteiger partial charge in [0.2, 0.25) is 0 Å².